The number of benzene rings is 2. The van der Waals surface area contributed by atoms with Gasteiger partial charge >= 0.3 is 5.97 Å². The van der Waals surface area contributed by atoms with Gasteiger partial charge in [-0.05, 0) is 42.7 Å². The third-order valence-corrected chi connectivity index (χ3v) is 5.40. The third kappa shape index (κ3) is 3.30. The molecule has 1 fully saturated rings. The molecule has 126 valence electrons. The highest BCUT2D eigenvalue weighted by molar-refractivity contribution is 8.00. The Bertz CT molecular complexity index is 823. The number of carbonyl (C=O) groups is 3. The van der Waals surface area contributed by atoms with Gasteiger partial charge in [0, 0.05) is 10.1 Å². The van der Waals surface area contributed by atoms with E-state index in [1.165, 1.54) is 17.7 Å². The SMILES string of the molecule is O=C(Cc1ccc(SC2CC2)cc1)ON1C(=O)c2ccccc2C1=O. The first-order valence-electron chi connectivity index (χ1n) is 8.06. The van der Waals surface area contributed by atoms with Crippen molar-refractivity contribution in [3.05, 3.63) is 65.2 Å². The fourth-order valence-corrected chi connectivity index (χ4v) is 3.66. The van der Waals surface area contributed by atoms with E-state index >= 15 is 0 Å². The molecular formula is C19H15NO4S. The van der Waals surface area contributed by atoms with Gasteiger partial charge in [-0.3, -0.25) is 9.59 Å². The average Bonchev–Trinajstić information content (AvgIpc) is 3.40. The van der Waals surface area contributed by atoms with Gasteiger partial charge in [0.1, 0.15) is 0 Å². The molecule has 1 heterocycles. The fourth-order valence-electron chi connectivity index (χ4n) is 2.62. The quantitative estimate of drug-likeness (QED) is 0.772. The van der Waals surface area contributed by atoms with E-state index in [9.17, 15) is 14.4 Å². The van der Waals surface area contributed by atoms with E-state index in [0.29, 0.717) is 5.06 Å². The Kier molecular flexibility index (Phi) is 4.05. The number of nitrogens with zero attached hydrogens (tertiary/aromatic N) is 1. The van der Waals surface area contributed by atoms with Crippen LogP contribution < -0.4 is 0 Å². The van der Waals surface area contributed by atoms with E-state index < -0.39 is 17.8 Å². The lowest BCUT2D eigenvalue weighted by molar-refractivity contribution is -0.167. The van der Waals surface area contributed by atoms with E-state index in [-0.39, 0.29) is 17.5 Å². The van der Waals surface area contributed by atoms with Crippen molar-refractivity contribution in [2.45, 2.75) is 29.4 Å². The van der Waals surface area contributed by atoms with Crippen LogP contribution in [-0.4, -0.2) is 28.1 Å². The van der Waals surface area contributed by atoms with Crippen molar-refractivity contribution in [2.24, 2.45) is 0 Å². The predicted molar refractivity (Wildman–Crippen MR) is 92.1 cm³/mol. The first kappa shape index (κ1) is 15.9. The number of thioether (sulfide) groups is 1. The molecule has 0 aromatic heterocycles. The molecule has 25 heavy (non-hydrogen) atoms. The largest absolute Gasteiger partial charge is 0.337 e. The molecule has 2 aromatic carbocycles. The maximum Gasteiger partial charge on any atom is 0.337 e. The second kappa shape index (κ2) is 6.37. The molecular weight excluding hydrogens is 338 g/mol. The second-order valence-corrected chi connectivity index (χ2v) is 7.43. The third-order valence-electron chi connectivity index (χ3n) is 4.05. The first-order chi connectivity index (χ1) is 12.1. The van der Waals surface area contributed by atoms with Crippen LogP contribution in [0.2, 0.25) is 0 Å². The summed E-state index contributed by atoms with van der Waals surface area (Å²) in [6, 6.07) is 14.1. The molecule has 1 aliphatic carbocycles. The molecule has 2 aromatic rings. The van der Waals surface area contributed by atoms with Crippen LogP contribution in [0.15, 0.2) is 53.4 Å². The van der Waals surface area contributed by atoms with Crippen LogP contribution in [0.25, 0.3) is 0 Å². The molecule has 2 amide bonds. The van der Waals surface area contributed by atoms with Crippen molar-refractivity contribution in [2.75, 3.05) is 0 Å². The molecule has 0 unspecified atom stereocenters. The number of hydrogen-bond donors (Lipinski definition) is 0. The minimum Gasteiger partial charge on any atom is -0.329 e. The van der Waals surface area contributed by atoms with E-state index in [1.54, 1.807) is 24.3 Å². The molecule has 2 aliphatic rings. The summed E-state index contributed by atoms with van der Waals surface area (Å²) in [5.74, 6) is -1.85. The highest BCUT2D eigenvalue weighted by Gasteiger charge is 2.38. The van der Waals surface area contributed by atoms with Crippen molar-refractivity contribution in [3.8, 4) is 0 Å². The summed E-state index contributed by atoms with van der Waals surface area (Å²) in [5, 5.41) is 1.27. The van der Waals surface area contributed by atoms with Crippen molar-refractivity contribution in [3.63, 3.8) is 0 Å². The number of fused-ring (bicyclic) bond motifs is 1. The van der Waals surface area contributed by atoms with Crippen LogP contribution in [0.4, 0.5) is 0 Å². The molecule has 0 spiro atoms. The Balaban J connectivity index is 1.39. The molecule has 1 aliphatic heterocycles. The summed E-state index contributed by atoms with van der Waals surface area (Å²) in [6.07, 6.45) is 2.53. The van der Waals surface area contributed by atoms with Crippen LogP contribution >= 0.6 is 11.8 Å². The van der Waals surface area contributed by atoms with Gasteiger partial charge in [0.05, 0.1) is 17.5 Å². The Labute approximate surface area is 148 Å². The lowest BCUT2D eigenvalue weighted by atomic mass is 10.1. The Morgan fingerprint density at radius 1 is 1.00 bits per heavy atom. The molecule has 6 heteroatoms. The fraction of sp³-hybridized carbons (Fsp3) is 0.211. The van der Waals surface area contributed by atoms with Gasteiger partial charge in [0.25, 0.3) is 11.8 Å². The minimum absolute atomic E-state index is 0.00177. The van der Waals surface area contributed by atoms with Gasteiger partial charge in [-0.15, -0.1) is 11.8 Å². The summed E-state index contributed by atoms with van der Waals surface area (Å²) in [4.78, 5) is 42.7. The summed E-state index contributed by atoms with van der Waals surface area (Å²) < 4.78 is 0. The van der Waals surface area contributed by atoms with Crippen LogP contribution in [-0.2, 0) is 16.1 Å². The molecule has 1 saturated carbocycles. The number of amides is 2. The molecule has 0 atom stereocenters. The number of hydrogen-bond acceptors (Lipinski definition) is 5. The van der Waals surface area contributed by atoms with E-state index in [0.717, 1.165) is 10.8 Å². The predicted octanol–water partition coefficient (Wildman–Crippen LogP) is 3.24. The standard InChI is InChI=1S/C19H15NO4S/c21-17(11-12-5-7-13(8-6-12)25-14-9-10-14)24-20-18(22)15-3-1-2-4-16(15)19(20)23/h1-8,14H,9-11H2. The summed E-state index contributed by atoms with van der Waals surface area (Å²) in [5.41, 5.74) is 1.28. The van der Waals surface area contributed by atoms with Gasteiger partial charge < -0.3 is 4.84 Å². The van der Waals surface area contributed by atoms with Crippen LogP contribution in [0.3, 0.4) is 0 Å². The summed E-state index contributed by atoms with van der Waals surface area (Å²) in [7, 11) is 0. The number of rotatable bonds is 5. The normalized spacial score (nSPS) is 16.1. The maximum absolute atomic E-state index is 12.2. The highest BCUT2D eigenvalue weighted by atomic mass is 32.2. The molecule has 0 saturated heterocycles. The number of imide groups is 1. The van der Waals surface area contributed by atoms with Crippen molar-refractivity contribution in [1.29, 1.82) is 0 Å². The topological polar surface area (TPSA) is 63.7 Å². The monoisotopic (exact) mass is 353 g/mol. The Morgan fingerprint density at radius 3 is 2.16 bits per heavy atom. The van der Waals surface area contributed by atoms with Crippen LogP contribution in [0.1, 0.15) is 39.1 Å². The smallest absolute Gasteiger partial charge is 0.329 e. The van der Waals surface area contributed by atoms with Crippen LogP contribution in [0, 0.1) is 0 Å². The lowest BCUT2D eigenvalue weighted by Gasteiger charge is -2.12. The molecule has 4 rings (SSSR count). The van der Waals surface area contributed by atoms with Gasteiger partial charge in [-0.2, -0.15) is 0 Å². The van der Waals surface area contributed by atoms with Crippen molar-refractivity contribution in [1.82, 2.24) is 5.06 Å². The first-order valence-corrected chi connectivity index (χ1v) is 8.94. The Hall–Kier alpha value is -2.60. The van der Waals surface area contributed by atoms with Crippen LogP contribution in [0.5, 0.6) is 0 Å². The van der Waals surface area contributed by atoms with E-state index in [2.05, 4.69) is 0 Å². The summed E-state index contributed by atoms with van der Waals surface area (Å²) >= 11 is 1.84. The maximum atomic E-state index is 12.2. The van der Waals surface area contributed by atoms with Gasteiger partial charge in [-0.25, -0.2) is 4.79 Å². The van der Waals surface area contributed by atoms with Crippen molar-refractivity contribution >= 4 is 29.5 Å². The molecule has 0 N–H and O–H groups in total. The average molecular weight is 353 g/mol. The number of hydroxylamine groups is 2. The van der Waals surface area contributed by atoms with E-state index in [4.69, 9.17) is 4.84 Å². The summed E-state index contributed by atoms with van der Waals surface area (Å²) in [6.45, 7) is 0. The van der Waals surface area contributed by atoms with Gasteiger partial charge in [0.2, 0.25) is 0 Å². The van der Waals surface area contributed by atoms with E-state index in [1.807, 2.05) is 36.0 Å². The highest BCUT2D eigenvalue weighted by Crippen LogP contribution is 2.39. The Morgan fingerprint density at radius 2 is 1.60 bits per heavy atom. The number of carbonyl (C=O) groups excluding carboxylic acids is 3. The van der Waals surface area contributed by atoms with Crippen molar-refractivity contribution < 1.29 is 19.2 Å². The second-order valence-electron chi connectivity index (χ2n) is 6.05. The van der Waals surface area contributed by atoms with Gasteiger partial charge in [0.15, 0.2) is 0 Å². The molecule has 0 bridgehead atoms. The zero-order valence-electron chi connectivity index (χ0n) is 13.3. The lowest BCUT2D eigenvalue weighted by Crippen LogP contribution is -2.33. The van der Waals surface area contributed by atoms with Gasteiger partial charge in [-0.1, -0.05) is 29.3 Å². The zero-order chi connectivity index (χ0) is 17.4. The molecule has 0 radical (unpaired) electrons. The zero-order valence-corrected chi connectivity index (χ0v) is 14.1. The molecule has 5 nitrogen and oxygen atoms in total. The minimum atomic E-state index is -0.642.